The molecule has 0 aliphatic carbocycles. The number of fused-ring (bicyclic) bond motifs is 2. The number of carbonyl (C=O) groups excluding carboxylic acids is 1. The Bertz CT molecular complexity index is 1590. The molecule has 3 aromatic heterocycles. The number of hydrogen-bond acceptors (Lipinski definition) is 8. The third kappa shape index (κ3) is 4.28. The van der Waals surface area contributed by atoms with Crippen LogP contribution in [0.25, 0.3) is 33.3 Å². The molecule has 3 N–H and O–H groups in total. The first-order valence-corrected chi connectivity index (χ1v) is 11.5. The van der Waals surface area contributed by atoms with Crippen molar-refractivity contribution in [3.05, 3.63) is 54.0 Å². The molecule has 0 radical (unpaired) electrons. The molecule has 3 heterocycles. The van der Waals surface area contributed by atoms with E-state index in [2.05, 4.69) is 30.6 Å². The fraction of sp³-hybridized carbons (Fsp3) is 0.231. The Morgan fingerprint density at radius 1 is 1.11 bits per heavy atom. The maximum absolute atomic E-state index is 12.1. The van der Waals surface area contributed by atoms with Gasteiger partial charge in [-0.25, -0.2) is 4.98 Å². The van der Waals surface area contributed by atoms with Crippen molar-refractivity contribution in [3.63, 3.8) is 0 Å². The summed E-state index contributed by atoms with van der Waals surface area (Å²) < 4.78 is 17.3. The van der Waals surface area contributed by atoms with Gasteiger partial charge in [-0.1, -0.05) is 6.07 Å². The minimum Gasteiger partial charge on any atom is -0.495 e. The highest BCUT2D eigenvalue weighted by Gasteiger charge is 2.19. The fourth-order valence-corrected chi connectivity index (χ4v) is 4.01. The van der Waals surface area contributed by atoms with Crippen molar-refractivity contribution in [2.45, 2.75) is 26.9 Å². The van der Waals surface area contributed by atoms with Gasteiger partial charge in [0.1, 0.15) is 16.9 Å². The normalized spacial score (nSPS) is 11.3. The summed E-state index contributed by atoms with van der Waals surface area (Å²) >= 11 is 0. The Morgan fingerprint density at radius 2 is 1.94 bits per heavy atom. The van der Waals surface area contributed by atoms with Gasteiger partial charge >= 0.3 is 0 Å². The van der Waals surface area contributed by atoms with E-state index in [0.717, 1.165) is 22.0 Å². The second kappa shape index (κ2) is 9.21. The van der Waals surface area contributed by atoms with Crippen LogP contribution in [0.15, 0.2) is 47.0 Å². The molecule has 5 rings (SSSR count). The second-order valence-electron chi connectivity index (χ2n) is 8.48. The van der Waals surface area contributed by atoms with Crippen LogP contribution < -0.4 is 20.1 Å². The number of carbonyl (C=O) groups is 1. The number of aryl methyl sites for hydroxylation is 1. The molecule has 0 bridgehead atoms. The molecular weight excluding hydrogens is 460 g/mol. The molecule has 10 heteroatoms. The summed E-state index contributed by atoms with van der Waals surface area (Å²) in [7, 11) is 3.14. The number of rotatable bonds is 7. The lowest BCUT2D eigenvalue weighted by molar-refractivity contribution is 0.0963. The number of hydrogen-bond donors (Lipinski definition) is 3. The predicted molar refractivity (Wildman–Crippen MR) is 137 cm³/mol. The maximum Gasteiger partial charge on any atom is 0.251 e. The average molecular weight is 487 g/mol. The largest absolute Gasteiger partial charge is 0.495 e. The van der Waals surface area contributed by atoms with Gasteiger partial charge in [-0.3, -0.25) is 4.79 Å². The number of benzene rings is 2. The molecule has 0 saturated heterocycles. The number of aromatic nitrogens is 4. The monoisotopic (exact) mass is 486 g/mol. The first kappa shape index (κ1) is 23.2. The third-order valence-electron chi connectivity index (χ3n) is 5.59. The van der Waals surface area contributed by atoms with Crippen molar-refractivity contribution in [1.82, 2.24) is 25.3 Å². The summed E-state index contributed by atoms with van der Waals surface area (Å²) in [6, 6.07) is 10.9. The van der Waals surface area contributed by atoms with E-state index in [4.69, 9.17) is 13.9 Å². The maximum atomic E-state index is 12.1. The van der Waals surface area contributed by atoms with Crippen LogP contribution in [0.1, 0.15) is 30.1 Å². The first-order chi connectivity index (χ1) is 17.4. The van der Waals surface area contributed by atoms with E-state index in [9.17, 15) is 4.79 Å². The molecule has 0 aliphatic rings. The van der Waals surface area contributed by atoms with Crippen LogP contribution in [0.4, 0.5) is 11.6 Å². The van der Waals surface area contributed by atoms with E-state index in [1.165, 1.54) is 0 Å². The molecule has 5 aromatic rings. The third-order valence-corrected chi connectivity index (χ3v) is 5.59. The summed E-state index contributed by atoms with van der Waals surface area (Å²) in [6.45, 7) is 5.70. The summed E-state index contributed by atoms with van der Waals surface area (Å²) in [4.78, 5) is 29.1. The van der Waals surface area contributed by atoms with Crippen LogP contribution in [0.5, 0.6) is 11.6 Å². The minimum atomic E-state index is -0.214. The summed E-state index contributed by atoms with van der Waals surface area (Å²) in [6.07, 6.45) is 1.75. The summed E-state index contributed by atoms with van der Waals surface area (Å²) in [5.74, 6) is 1.65. The van der Waals surface area contributed by atoms with Crippen molar-refractivity contribution in [2.24, 2.45) is 0 Å². The van der Waals surface area contributed by atoms with Gasteiger partial charge in [-0.2, -0.15) is 9.97 Å². The number of amides is 1. The van der Waals surface area contributed by atoms with Gasteiger partial charge < -0.3 is 29.5 Å². The molecule has 0 fully saturated rings. The highest BCUT2D eigenvalue weighted by molar-refractivity contribution is 5.99. The van der Waals surface area contributed by atoms with Crippen LogP contribution in [0, 0.1) is 6.92 Å². The SMILES string of the molecule is CNC(=O)c1ccc(OC)c(Nc2nc(OC(C)C)c3c(-c4ccc5nc(C)oc5c4)c[nH]c3n2)c1. The first-order valence-electron chi connectivity index (χ1n) is 11.5. The topological polar surface area (TPSA) is 127 Å². The predicted octanol–water partition coefficient (Wildman–Crippen LogP) is 4.97. The van der Waals surface area contributed by atoms with Gasteiger partial charge in [0.15, 0.2) is 11.5 Å². The molecule has 36 heavy (non-hydrogen) atoms. The van der Waals surface area contributed by atoms with E-state index in [1.807, 2.05) is 45.2 Å². The van der Waals surface area contributed by atoms with Crippen molar-refractivity contribution in [2.75, 3.05) is 19.5 Å². The van der Waals surface area contributed by atoms with E-state index >= 15 is 0 Å². The highest BCUT2D eigenvalue weighted by atomic mass is 16.5. The molecule has 1 amide bonds. The zero-order chi connectivity index (χ0) is 25.4. The average Bonchev–Trinajstić information content (AvgIpc) is 3.45. The Hall–Kier alpha value is -4.60. The molecule has 184 valence electrons. The van der Waals surface area contributed by atoms with Gasteiger partial charge in [0.25, 0.3) is 5.91 Å². The summed E-state index contributed by atoms with van der Waals surface area (Å²) in [5, 5.41) is 6.54. The molecule has 2 aromatic carbocycles. The Balaban J connectivity index is 1.60. The molecule has 0 unspecified atom stereocenters. The number of H-pyrrole nitrogens is 1. The number of ether oxygens (including phenoxy) is 2. The Labute approximate surface area is 207 Å². The number of nitrogens with one attached hydrogen (secondary N) is 3. The molecule has 0 spiro atoms. The summed E-state index contributed by atoms with van der Waals surface area (Å²) in [5.41, 5.74) is 4.91. The number of anilines is 2. The Morgan fingerprint density at radius 3 is 2.69 bits per heavy atom. The van der Waals surface area contributed by atoms with Gasteiger partial charge in [-0.15, -0.1) is 0 Å². The minimum absolute atomic E-state index is 0.121. The van der Waals surface area contributed by atoms with E-state index in [-0.39, 0.29) is 12.0 Å². The highest BCUT2D eigenvalue weighted by Crippen LogP contribution is 2.37. The van der Waals surface area contributed by atoms with Crippen molar-refractivity contribution >= 4 is 39.7 Å². The van der Waals surface area contributed by atoms with E-state index in [1.54, 1.807) is 32.4 Å². The lowest BCUT2D eigenvalue weighted by atomic mass is 10.1. The van der Waals surface area contributed by atoms with Crippen LogP contribution >= 0.6 is 0 Å². The molecule has 0 aliphatic heterocycles. The van der Waals surface area contributed by atoms with Gasteiger partial charge in [0, 0.05) is 31.3 Å². The fourth-order valence-electron chi connectivity index (χ4n) is 4.01. The molecular formula is C26H26N6O4. The number of nitrogens with zero attached hydrogens (tertiary/aromatic N) is 3. The van der Waals surface area contributed by atoms with Crippen LogP contribution in [0.2, 0.25) is 0 Å². The van der Waals surface area contributed by atoms with E-state index < -0.39 is 0 Å². The van der Waals surface area contributed by atoms with Crippen LogP contribution in [-0.2, 0) is 0 Å². The van der Waals surface area contributed by atoms with Gasteiger partial charge in [-0.05, 0) is 49.7 Å². The van der Waals surface area contributed by atoms with Crippen LogP contribution in [0.3, 0.4) is 0 Å². The lowest BCUT2D eigenvalue weighted by Crippen LogP contribution is -2.18. The van der Waals surface area contributed by atoms with Gasteiger partial charge in [0.2, 0.25) is 11.8 Å². The molecule has 0 atom stereocenters. The van der Waals surface area contributed by atoms with Crippen LogP contribution in [-0.4, -0.2) is 46.1 Å². The van der Waals surface area contributed by atoms with E-state index in [0.29, 0.717) is 45.9 Å². The standard InChI is InChI=1S/C26H26N6O4/c1-13(2)35-25-22-17(15-6-8-18-21(11-15)36-14(3)29-18)12-28-23(22)31-26(32-25)30-19-10-16(24(33)27-4)7-9-20(19)34-5/h6-13H,1-5H3,(H,27,33)(H2,28,30,31,32). The second-order valence-corrected chi connectivity index (χ2v) is 8.48. The quantitative estimate of drug-likeness (QED) is 0.294. The number of aromatic amines is 1. The lowest BCUT2D eigenvalue weighted by Gasteiger charge is -2.15. The Kier molecular flexibility index (Phi) is 5.93. The van der Waals surface area contributed by atoms with Crippen molar-refractivity contribution in [3.8, 4) is 22.8 Å². The van der Waals surface area contributed by atoms with Crippen molar-refractivity contribution in [1.29, 1.82) is 0 Å². The zero-order valence-corrected chi connectivity index (χ0v) is 20.6. The molecule has 0 saturated carbocycles. The number of methoxy groups -OCH3 is 1. The van der Waals surface area contributed by atoms with Gasteiger partial charge in [0.05, 0.1) is 24.3 Å². The molecule has 10 nitrogen and oxygen atoms in total. The number of oxazole rings is 1. The van der Waals surface area contributed by atoms with Crippen molar-refractivity contribution < 1.29 is 18.7 Å². The smallest absolute Gasteiger partial charge is 0.251 e. The zero-order valence-electron chi connectivity index (χ0n) is 20.6.